The van der Waals surface area contributed by atoms with E-state index < -0.39 is 38.4 Å². The van der Waals surface area contributed by atoms with Crippen molar-refractivity contribution in [2.24, 2.45) is 0 Å². The first-order valence-electron chi connectivity index (χ1n) is 9.44. The van der Waals surface area contributed by atoms with Crippen LogP contribution in [0.4, 0.5) is 5.82 Å². The number of rotatable bonds is 8. The third-order valence-corrected chi connectivity index (χ3v) is 5.35. The summed E-state index contributed by atoms with van der Waals surface area (Å²) in [6.45, 7) is 0.228. The summed E-state index contributed by atoms with van der Waals surface area (Å²) in [7, 11) is -4.35. The summed E-state index contributed by atoms with van der Waals surface area (Å²) in [6, 6.07) is 9.75. The highest BCUT2D eigenvalue weighted by Crippen LogP contribution is 2.36. The zero-order chi connectivity index (χ0) is 22.0. The zero-order valence-electron chi connectivity index (χ0n) is 16.2. The van der Waals surface area contributed by atoms with Gasteiger partial charge >= 0.3 is 7.60 Å². The van der Waals surface area contributed by atoms with Crippen LogP contribution in [0.25, 0.3) is 5.65 Å². The van der Waals surface area contributed by atoms with Crippen LogP contribution in [0.1, 0.15) is 17.4 Å². The molecule has 1 aliphatic heterocycles. The first-order valence-corrected chi connectivity index (χ1v) is 11.2. The van der Waals surface area contributed by atoms with Crippen LogP contribution >= 0.6 is 7.60 Å². The van der Waals surface area contributed by atoms with Gasteiger partial charge in [0.05, 0.1) is 18.5 Å². The highest BCUT2D eigenvalue weighted by Gasteiger charge is 2.45. The summed E-state index contributed by atoms with van der Waals surface area (Å²) < 4.78 is 23.0. The number of aliphatic hydroxyl groups is 2. The van der Waals surface area contributed by atoms with E-state index in [4.69, 9.17) is 19.3 Å². The lowest BCUT2D eigenvalue weighted by atomic mass is 10.1. The van der Waals surface area contributed by atoms with Gasteiger partial charge in [-0.15, -0.1) is 0 Å². The minimum absolute atomic E-state index is 0.296. The third kappa shape index (κ3) is 4.91. The number of anilines is 1. The first kappa shape index (κ1) is 21.8. The quantitative estimate of drug-likeness (QED) is 0.293. The Labute approximate surface area is 176 Å². The van der Waals surface area contributed by atoms with Gasteiger partial charge < -0.3 is 34.8 Å². The molecule has 0 unspecified atom stereocenters. The molecule has 4 rings (SSSR count). The van der Waals surface area contributed by atoms with Crippen molar-refractivity contribution >= 4 is 19.1 Å². The predicted molar refractivity (Wildman–Crippen MR) is 107 cm³/mol. The number of ether oxygens (including phenoxy) is 2. The van der Waals surface area contributed by atoms with E-state index in [1.54, 1.807) is 0 Å². The molecule has 1 fully saturated rings. The summed E-state index contributed by atoms with van der Waals surface area (Å²) in [6.07, 6.45) is -2.56. The summed E-state index contributed by atoms with van der Waals surface area (Å²) in [5.41, 5.74) is 1.87. The fourth-order valence-corrected chi connectivity index (χ4v) is 3.70. The molecule has 0 aliphatic carbocycles. The SMILES string of the molecule is O=P(O)(O)COC[C@H]1O[C@@H](c2cnc3c(NCc4ccccc4)ncnn23)[C@H](O)[C@@H]1O. The fourth-order valence-electron chi connectivity index (χ4n) is 3.35. The topological polar surface area (TPSA) is 172 Å². The molecule has 3 aromatic rings. The number of aromatic nitrogens is 4. The highest BCUT2D eigenvalue weighted by atomic mass is 31.2. The Morgan fingerprint density at radius 3 is 2.68 bits per heavy atom. The number of benzene rings is 1. The van der Waals surface area contributed by atoms with Crippen LogP contribution in [-0.2, 0) is 20.6 Å². The second-order valence-electron chi connectivity index (χ2n) is 7.11. The first-order chi connectivity index (χ1) is 14.8. The van der Waals surface area contributed by atoms with E-state index in [9.17, 15) is 14.8 Å². The zero-order valence-corrected chi connectivity index (χ0v) is 17.1. The van der Waals surface area contributed by atoms with Gasteiger partial charge in [0.1, 0.15) is 37.1 Å². The average molecular weight is 451 g/mol. The Balaban J connectivity index is 1.50. The Kier molecular flexibility index (Phi) is 6.30. The maximum Gasteiger partial charge on any atom is 0.350 e. The molecule has 0 radical (unpaired) electrons. The molecule has 0 saturated carbocycles. The van der Waals surface area contributed by atoms with Crippen molar-refractivity contribution in [2.45, 2.75) is 31.0 Å². The van der Waals surface area contributed by atoms with Crippen molar-refractivity contribution in [3.63, 3.8) is 0 Å². The lowest BCUT2D eigenvalue weighted by Gasteiger charge is -2.15. The molecule has 0 amide bonds. The standard InChI is InChI=1S/C18H22N5O7P/c24-14-13(8-29-10-31(26,27)28)30-16(15(14)25)12-7-20-18-17(21-9-22-23(12)18)19-6-11-4-2-1-3-5-11/h1-5,7,9,13-16,24-25H,6,8,10H2,(H,19,21,22)(H2,26,27,28)/t13-,14-,15-,16+/m1/s1. The lowest BCUT2D eigenvalue weighted by Crippen LogP contribution is -2.33. The Bertz CT molecular complexity index is 1080. The summed E-state index contributed by atoms with van der Waals surface area (Å²) >= 11 is 0. The van der Waals surface area contributed by atoms with Crippen molar-refractivity contribution in [1.29, 1.82) is 0 Å². The Morgan fingerprint density at radius 1 is 1.16 bits per heavy atom. The number of fused-ring (bicyclic) bond motifs is 1. The van der Waals surface area contributed by atoms with Gasteiger partial charge in [-0.3, -0.25) is 4.57 Å². The van der Waals surface area contributed by atoms with Crippen LogP contribution < -0.4 is 5.32 Å². The van der Waals surface area contributed by atoms with Gasteiger partial charge in [0.25, 0.3) is 0 Å². The Hall–Kier alpha value is -2.44. The molecule has 31 heavy (non-hydrogen) atoms. The van der Waals surface area contributed by atoms with E-state index in [1.165, 1.54) is 17.0 Å². The van der Waals surface area contributed by atoms with Crippen LogP contribution in [0.15, 0.2) is 42.9 Å². The number of aliphatic hydroxyl groups excluding tert-OH is 2. The average Bonchev–Trinajstić information content (AvgIpc) is 3.29. The second-order valence-corrected chi connectivity index (χ2v) is 8.69. The molecule has 3 heterocycles. The molecular weight excluding hydrogens is 429 g/mol. The van der Waals surface area contributed by atoms with Gasteiger partial charge in [0.2, 0.25) is 0 Å². The monoisotopic (exact) mass is 451 g/mol. The number of nitrogens with zero attached hydrogens (tertiary/aromatic N) is 4. The number of imidazole rings is 1. The lowest BCUT2D eigenvalue weighted by molar-refractivity contribution is -0.0402. The third-order valence-electron chi connectivity index (χ3n) is 4.83. The Morgan fingerprint density at radius 2 is 1.94 bits per heavy atom. The van der Waals surface area contributed by atoms with E-state index in [0.717, 1.165) is 5.56 Å². The van der Waals surface area contributed by atoms with Crippen LogP contribution in [0, 0.1) is 0 Å². The van der Waals surface area contributed by atoms with Crippen molar-refractivity contribution in [2.75, 3.05) is 18.3 Å². The normalized spacial score (nSPS) is 24.0. The van der Waals surface area contributed by atoms with E-state index in [2.05, 4.69) is 20.4 Å². The molecule has 2 aromatic heterocycles. The van der Waals surface area contributed by atoms with Gasteiger partial charge in [-0.25, -0.2) is 14.5 Å². The minimum Gasteiger partial charge on any atom is -0.387 e. The maximum absolute atomic E-state index is 10.9. The van der Waals surface area contributed by atoms with Gasteiger partial charge in [0, 0.05) is 6.54 Å². The van der Waals surface area contributed by atoms with E-state index in [-0.39, 0.29) is 6.61 Å². The smallest absolute Gasteiger partial charge is 0.350 e. The van der Waals surface area contributed by atoms with Gasteiger partial charge in [-0.05, 0) is 5.56 Å². The van der Waals surface area contributed by atoms with E-state index in [1.807, 2.05) is 30.3 Å². The van der Waals surface area contributed by atoms with Gasteiger partial charge in [0.15, 0.2) is 11.5 Å². The molecule has 1 aromatic carbocycles. The molecular formula is C18H22N5O7P. The highest BCUT2D eigenvalue weighted by molar-refractivity contribution is 7.51. The largest absolute Gasteiger partial charge is 0.387 e. The molecule has 5 N–H and O–H groups in total. The van der Waals surface area contributed by atoms with Gasteiger partial charge in [-0.1, -0.05) is 30.3 Å². The summed E-state index contributed by atoms with van der Waals surface area (Å²) in [5, 5.41) is 28.1. The predicted octanol–water partition coefficient (Wildman–Crippen LogP) is 0.0499. The van der Waals surface area contributed by atoms with E-state index in [0.29, 0.717) is 23.7 Å². The molecule has 1 aliphatic rings. The number of hydrogen-bond acceptors (Lipinski definition) is 9. The summed E-state index contributed by atoms with van der Waals surface area (Å²) in [5.74, 6) is 0.486. The molecule has 12 nitrogen and oxygen atoms in total. The van der Waals surface area contributed by atoms with Crippen molar-refractivity contribution < 1.29 is 34.0 Å². The van der Waals surface area contributed by atoms with Crippen molar-refractivity contribution in [3.8, 4) is 0 Å². The summed E-state index contributed by atoms with van der Waals surface area (Å²) in [4.78, 5) is 26.3. The minimum atomic E-state index is -4.35. The fraction of sp³-hybridized carbons (Fsp3) is 0.389. The van der Waals surface area contributed by atoms with Gasteiger partial charge in [-0.2, -0.15) is 5.10 Å². The number of hydrogen-bond donors (Lipinski definition) is 5. The van der Waals surface area contributed by atoms with Crippen molar-refractivity contribution in [1.82, 2.24) is 19.6 Å². The molecule has 4 atom stereocenters. The van der Waals surface area contributed by atoms with Crippen LogP contribution in [0.3, 0.4) is 0 Å². The molecule has 1 saturated heterocycles. The molecule has 0 spiro atoms. The molecule has 166 valence electrons. The van der Waals surface area contributed by atoms with Crippen LogP contribution in [0.2, 0.25) is 0 Å². The number of nitrogens with one attached hydrogen (secondary N) is 1. The second kappa shape index (κ2) is 8.97. The van der Waals surface area contributed by atoms with E-state index >= 15 is 0 Å². The van der Waals surface area contributed by atoms with Crippen LogP contribution in [0.5, 0.6) is 0 Å². The molecule has 0 bridgehead atoms. The maximum atomic E-state index is 10.9. The van der Waals surface area contributed by atoms with Crippen molar-refractivity contribution in [3.05, 3.63) is 54.1 Å². The van der Waals surface area contributed by atoms with Crippen LogP contribution in [-0.4, -0.2) is 70.8 Å². The molecule has 13 heteroatoms.